The molecule has 4 nitrogen and oxygen atoms in total. The first-order valence-corrected chi connectivity index (χ1v) is 6.27. The molecule has 1 aromatic carbocycles. The van der Waals surface area contributed by atoms with Gasteiger partial charge >= 0.3 is 0 Å². The van der Waals surface area contributed by atoms with E-state index in [0.29, 0.717) is 11.1 Å². The zero-order valence-electron chi connectivity index (χ0n) is 9.98. The Morgan fingerprint density at radius 1 is 1.50 bits per heavy atom. The number of hydrogen-bond donors (Lipinski definition) is 4. The summed E-state index contributed by atoms with van der Waals surface area (Å²) in [4.78, 5) is 0. The lowest BCUT2D eigenvalue weighted by Gasteiger charge is -2.19. The maximum absolute atomic E-state index is 12.6. The van der Waals surface area contributed by atoms with Gasteiger partial charge in [-0.2, -0.15) is 0 Å². The predicted molar refractivity (Wildman–Crippen MR) is 73.4 cm³/mol. The number of likely N-dealkylation sites (N-methyl/N-ethyl adjacent to an activating group) is 1. The number of halogens is 1. The van der Waals surface area contributed by atoms with E-state index in [-0.39, 0.29) is 5.04 Å². The minimum absolute atomic E-state index is 0.265. The minimum atomic E-state index is -0.918. The van der Waals surface area contributed by atoms with Gasteiger partial charge in [0.05, 0.1) is 22.7 Å². The Labute approximate surface area is 110 Å². The highest BCUT2D eigenvalue weighted by molar-refractivity contribution is 8.25. The minimum Gasteiger partial charge on any atom is -0.387 e. The molecule has 2 unspecified atom stereocenters. The van der Waals surface area contributed by atoms with Crippen LogP contribution in [0.5, 0.6) is 0 Å². The second kappa shape index (κ2) is 7.25. The van der Waals surface area contributed by atoms with Crippen molar-refractivity contribution >= 4 is 22.4 Å². The summed E-state index contributed by atoms with van der Waals surface area (Å²) < 4.78 is 12.6. The highest BCUT2D eigenvalue weighted by Gasteiger charge is 2.19. The van der Waals surface area contributed by atoms with Crippen LogP contribution in [0.3, 0.4) is 0 Å². The highest BCUT2D eigenvalue weighted by Crippen LogP contribution is 2.19. The van der Waals surface area contributed by atoms with E-state index >= 15 is 0 Å². The first-order valence-electron chi connectivity index (χ1n) is 5.39. The van der Waals surface area contributed by atoms with Gasteiger partial charge in [0.1, 0.15) is 6.67 Å². The Hall–Kier alpha value is -1.24. The van der Waals surface area contributed by atoms with E-state index in [1.165, 1.54) is 0 Å². The molecule has 0 radical (unpaired) electrons. The van der Waals surface area contributed by atoms with Crippen molar-refractivity contribution in [3.8, 4) is 0 Å². The lowest BCUT2D eigenvalue weighted by Crippen LogP contribution is -2.34. The van der Waals surface area contributed by atoms with Gasteiger partial charge in [0.15, 0.2) is 0 Å². The molecule has 0 heterocycles. The molecule has 0 saturated heterocycles. The molecule has 2 atom stereocenters. The number of rotatable bonds is 6. The van der Waals surface area contributed by atoms with Gasteiger partial charge in [-0.05, 0) is 12.6 Å². The van der Waals surface area contributed by atoms with Crippen LogP contribution in [-0.2, 0) is 0 Å². The van der Waals surface area contributed by atoms with Crippen LogP contribution in [0.15, 0.2) is 24.3 Å². The summed E-state index contributed by atoms with van der Waals surface area (Å²) in [5, 5.41) is 27.4. The monoisotopic (exact) mass is 269 g/mol. The maximum atomic E-state index is 12.6. The average Bonchev–Trinajstić information content (AvgIpc) is 2.40. The standard InChI is InChI=1S/C12H16FN3OS/c1-16-10(6-13)11(17)8-2-4-9(5-3-8)12(15)18-7-14/h2-5,7,10-11,14-17H,6H2,1H3. The summed E-state index contributed by atoms with van der Waals surface area (Å²) in [6, 6.07) is 6.06. The van der Waals surface area contributed by atoms with E-state index in [9.17, 15) is 9.50 Å². The Morgan fingerprint density at radius 2 is 2.11 bits per heavy atom. The fourth-order valence-electron chi connectivity index (χ4n) is 1.51. The third-order valence-electron chi connectivity index (χ3n) is 2.61. The van der Waals surface area contributed by atoms with Crippen LogP contribution in [0.2, 0.25) is 0 Å². The summed E-state index contributed by atoms with van der Waals surface area (Å²) in [6.45, 7) is -0.654. The predicted octanol–water partition coefficient (Wildman–Crippen LogP) is 1.94. The molecule has 6 heteroatoms. The van der Waals surface area contributed by atoms with Gasteiger partial charge in [-0.1, -0.05) is 36.0 Å². The summed E-state index contributed by atoms with van der Waals surface area (Å²) >= 11 is 1.00. The molecular weight excluding hydrogens is 253 g/mol. The normalized spacial score (nSPS) is 13.9. The smallest absolute Gasteiger partial charge is 0.108 e. The number of benzene rings is 1. The van der Waals surface area contributed by atoms with Crippen LogP contribution in [0.4, 0.5) is 4.39 Å². The molecule has 0 spiro atoms. The van der Waals surface area contributed by atoms with Gasteiger partial charge in [-0.3, -0.25) is 5.41 Å². The molecule has 1 rings (SSSR count). The molecule has 18 heavy (non-hydrogen) atoms. The molecule has 1 aromatic rings. The Morgan fingerprint density at radius 3 is 2.56 bits per heavy atom. The summed E-state index contributed by atoms with van der Waals surface area (Å²) in [6.07, 6.45) is -0.918. The first-order chi connectivity index (χ1) is 8.63. The Bertz CT molecular complexity index is 406. The molecule has 0 bridgehead atoms. The van der Waals surface area contributed by atoms with Gasteiger partial charge < -0.3 is 15.8 Å². The van der Waals surface area contributed by atoms with E-state index < -0.39 is 18.8 Å². The molecule has 0 aliphatic carbocycles. The van der Waals surface area contributed by atoms with Crippen molar-refractivity contribution < 1.29 is 9.50 Å². The average molecular weight is 269 g/mol. The molecule has 0 aliphatic heterocycles. The molecule has 0 fully saturated rings. The zero-order valence-corrected chi connectivity index (χ0v) is 10.8. The second-order valence-corrected chi connectivity index (χ2v) is 4.56. The van der Waals surface area contributed by atoms with Crippen LogP contribution < -0.4 is 5.32 Å². The molecule has 98 valence electrons. The number of thioether (sulfide) groups is 1. The van der Waals surface area contributed by atoms with Crippen molar-refractivity contribution in [3.05, 3.63) is 35.4 Å². The van der Waals surface area contributed by atoms with Crippen LogP contribution in [0.1, 0.15) is 17.2 Å². The molecule has 4 N–H and O–H groups in total. The van der Waals surface area contributed by atoms with Crippen molar-refractivity contribution in [1.82, 2.24) is 5.32 Å². The third-order valence-corrected chi connectivity index (χ3v) is 3.20. The van der Waals surface area contributed by atoms with Crippen LogP contribution in [0, 0.1) is 10.8 Å². The quantitative estimate of drug-likeness (QED) is 0.470. The number of aliphatic hydroxyl groups is 1. The molecule has 0 aromatic heterocycles. The van der Waals surface area contributed by atoms with Gasteiger partial charge in [0, 0.05) is 5.56 Å². The summed E-state index contributed by atoms with van der Waals surface area (Å²) in [7, 11) is 1.60. The van der Waals surface area contributed by atoms with Crippen molar-refractivity contribution in [2.24, 2.45) is 0 Å². The highest BCUT2D eigenvalue weighted by atomic mass is 32.2. The Balaban J connectivity index is 2.82. The topological polar surface area (TPSA) is 80.0 Å². The number of hydrogen-bond acceptors (Lipinski definition) is 5. The van der Waals surface area contributed by atoms with Gasteiger partial charge in [0.2, 0.25) is 0 Å². The van der Waals surface area contributed by atoms with E-state index in [4.69, 9.17) is 10.8 Å². The van der Waals surface area contributed by atoms with E-state index in [1.54, 1.807) is 31.3 Å². The summed E-state index contributed by atoms with van der Waals surface area (Å²) in [5.41, 5.74) is 2.36. The zero-order chi connectivity index (χ0) is 13.5. The van der Waals surface area contributed by atoms with E-state index in [2.05, 4.69) is 5.32 Å². The first kappa shape index (κ1) is 14.8. The molecule has 0 aliphatic rings. The van der Waals surface area contributed by atoms with Crippen LogP contribution >= 0.6 is 11.8 Å². The van der Waals surface area contributed by atoms with Gasteiger partial charge in [0.25, 0.3) is 0 Å². The lowest BCUT2D eigenvalue weighted by molar-refractivity contribution is 0.117. The van der Waals surface area contributed by atoms with E-state index in [1.807, 2.05) is 0 Å². The van der Waals surface area contributed by atoms with Crippen molar-refractivity contribution in [2.75, 3.05) is 13.7 Å². The maximum Gasteiger partial charge on any atom is 0.108 e. The Kier molecular flexibility index (Phi) is 5.97. The second-order valence-electron chi connectivity index (χ2n) is 3.68. The van der Waals surface area contributed by atoms with Crippen LogP contribution in [0.25, 0.3) is 0 Å². The third kappa shape index (κ3) is 3.63. The van der Waals surface area contributed by atoms with Crippen molar-refractivity contribution in [1.29, 1.82) is 10.8 Å². The van der Waals surface area contributed by atoms with Gasteiger partial charge in [-0.25, -0.2) is 4.39 Å². The van der Waals surface area contributed by atoms with Crippen LogP contribution in [-0.4, -0.2) is 35.5 Å². The fraction of sp³-hybridized carbons (Fsp3) is 0.333. The lowest BCUT2D eigenvalue weighted by atomic mass is 10.0. The number of aliphatic hydroxyl groups excluding tert-OH is 1. The number of nitrogens with one attached hydrogen (secondary N) is 3. The molecular formula is C12H16FN3OS. The number of alkyl halides is 1. The largest absolute Gasteiger partial charge is 0.387 e. The molecule has 0 saturated carbocycles. The van der Waals surface area contributed by atoms with E-state index in [0.717, 1.165) is 17.3 Å². The van der Waals surface area contributed by atoms with Crippen molar-refractivity contribution in [2.45, 2.75) is 12.1 Å². The van der Waals surface area contributed by atoms with Crippen molar-refractivity contribution in [3.63, 3.8) is 0 Å². The van der Waals surface area contributed by atoms with Gasteiger partial charge in [-0.15, -0.1) is 0 Å². The SMILES string of the molecule is CNC(CF)C(O)c1ccc(C(=N)SC=N)cc1. The fourth-order valence-corrected chi connectivity index (χ4v) is 1.90. The summed E-state index contributed by atoms with van der Waals surface area (Å²) in [5.74, 6) is 0. The molecule has 0 amide bonds.